The smallest absolute Gasteiger partial charge is 0.229 e. The number of nitrogens with one attached hydrogen (secondary N) is 1. The predicted octanol–water partition coefficient (Wildman–Crippen LogP) is 5.37. The van der Waals surface area contributed by atoms with Gasteiger partial charge in [-0.15, -0.1) is 11.3 Å². The normalized spacial score (nSPS) is 15.8. The Bertz CT molecular complexity index is 1770. The summed E-state index contributed by atoms with van der Waals surface area (Å²) in [6.45, 7) is 5.59. The summed E-state index contributed by atoms with van der Waals surface area (Å²) >= 11 is 1.41. The van der Waals surface area contributed by atoms with E-state index in [4.69, 9.17) is 19.2 Å². The molecule has 1 saturated carbocycles. The Hall–Kier alpha value is -4.06. The molecule has 5 heterocycles. The number of aryl methyl sites for hydroxylation is 1. The molecule has 10 nitrogen and oxygen atoms in total. The van der Waals surface area contributed by atoms with Crippen molar-refractivity contribution in [3.8, 4) is 16.9 Å². The van der Waals surface area contributed by atoms with E-state index in [0.29, 0.717) is 60.3 Å². The molecule has 1 aliphatic carbocycles. The first-order chi connectivity index (χ1) is 20.5. The Balaban J connectivity index is 1.08. The Morgan fingerprint density at radius 2 is 1.95 bits per heavy atom. The fourth-order valence-electron chi connectivity index (χ4n) is 5.46. The van der Waals surface area contributed by atoms with Gasteiger partial charge in [0.1, 0.15) is 4.70 Å². The number of rotatable bonds is 8. The quantitative estimate of drug-likeness (QED) is 0.258. The van der Waals surface area contributed by atoms with Gasteiger partial charge in [0, 0.05) is 72.4 Å². The van der Waals surface area contributed by atoms with Crippen molar-refractivity contribution in [2.75, 3.05) is 43.6 Å². The van der Waals surface area contributed by atoms with Gasteiger partial charge in [-0.05, 0) is 44.5 Å². The third-order valence-electron chi connectivity index (χ3n) is 8.20. The molecule has 1 aromatic carbocycles. The van der Waals surface area contributed by atoms with Crippen molar-refractivity contribution in [2.45, 2.75) is 38.8 Å². The molecule has 0 radical (unpaired) electrons. The first kappa shape index (κ1) is 26.8. The van der Waals surface area contributed by atoms with Gasteiger partial charge >= 0.3 is 0 Å². The van der Waals surface area contributed by atoms with Gasteiger partial charge in [-0.3, -0.25) is 9.69 Å². The maximum Gasteiger partial charge on any atom is 0.229 e. The van der Waals surface area contributed by atoms with E-state index in [0.717, 1.165) is 29.1 Å². The highest BCUT2D eigenvalue weighted by atomic mass is 32.1. The molecule has 0 bridgehead atoms. The van der Waals surface area contributed by atoms with Crippen LogP contribution in [-0.2, 0) is 11.3 Å². The molecule has 0 spiro atoms. The molecule has 0 unspecified atom stereocenters. The van der Waals surface area contributed by atoms with Gasteiger partial charge in [-0.25, -0.2) is 9.67 Å². The summed E-state index contributed by atoms with van der Waals surface area (Å²) in [7, 11) is 2.19. The minimum absolute atomic E-state index is 0.0193. The maximum absolute atomic E-state index is 12.8. The molecule has 4 aromatic heterocycles. The molecule has 216 valence electrons. The number of thiophene rings is 1. The zero-order valence-electron chi connectivity index (χ0n) is 23.7. The fraction of sp³-hybridized carbons (Fsp3) is 0.355. The van der Waals surface area contributed by atoms with E-state index in [1.165, 1.54) is 36.2 Å². The third kappa shape index (κ3) is 5.31. The average Bonchev–Trinajstić information content (AvgIpc) is 3.57. The molecular weight excluding hydrogens is 550 g/mol. The number of aromatic nitrogens is 4. The molecule has 5 aromatic rings. The van der Waals surface area contributed by atoms with Crippen molar-refractivity contribution in [1.29, 1.82) is 0 Å². The van der Waals surface area contributed by atoms with E-state index >= 15 is 0 Å². The summed E-state index contributed by atoms with van der Waals surface area (Å²) in [5.74, 6) is 1.79. The second-order valence-electron chi connectivity index (χ2n) is 11.0. The van der Waals surface area contributed by atoms with Crippen LogP contribution in [0.5, 0.6) is 0 Å². The van der Waals surface area contributed by atoms with Crippen LogP contribution in [0.3, 0.4) is 0 Å². The molecule has 0 amide bonds. The lowest BCUT2D eigenvalue weighted by molar-refractivity contribution is 0.121. The lowest BCUT2D eigenvalue weighted by atomic mass is 9.91. The molecule has 1 N–H and O–H groups in total. The van der Waals surface area contributed by atoms with Crippen LogP contribution < -0.4 is 15.6 Å². The molecule has 11 heteroatoms. The number of fused-ring (bicyclic) bond motifs is 1. The molecule has 0 atom stereocenters. The van der Waals surface area contributed by atoms with Crippen molar-refractivity contribution < 1.29 is 9.15 Å². The van der Waals surface area contributed by atoms with Crippen LogP contribution in [0.4, 0.5) is 17.5 Å². The second-order valence-corrected chi connectivity index (χ2v) is 11.9. The van der Waals surface area contributed by atoms with Crippen LogP contribution in [0, 0.1) is 6.92 Å². The standard InChI is InChI=1S/C31H33N7O3S/c1-20-22(17-36(2)24-4-3-5-24)18-38(35-20)27-10-11-32-31(34-27)33-23-8-6-21(7-9-23)25-19-42-30-26(39)16-28(41-29(25)30)37-12-14-40-15-13-37/h6-11,16,18-19,24H,3-5,12-15,17H2,1-2H3,(H,32,33,34). The predicted molar refractivity (Wildman–Crippen MR) is 165 cm³/mol. The lowest BCUT2D eigenvalue weighted by Gasteiger charge is -2.34. The third-order valence-corrected chi connectivity index (χ3v) is 9.18. The highest BCUT2D eigenvalue weighted by molar-refractivity contribution is 7.17. The monoisotopic (exact) mass is 583 g/mol. The molecule has 2 aliphatic rings. The van der Waals surface area contributed by atoms with Crippen LogP contribution in [0.1, 0.15) is 30.5 Å². The Morgan fingerprint density at radius 3 is 2.71 bits per heavy atom. The zero-order chi connectivity index (χ0) is 28.6. The van der Waals surface area contributed by atoms with E-state index in [-0.39, 0.29) is 5.43 Å². The van der Waals surface area contributed by atoms with E-state index in [1.807, 2.05) is 47.3 Å². The van der Waals surface area contributed by atoms with Gasteiger partial charge in [-0.2, -0.15) is 10.1 Å². The molecule has 42 heavy (non-hydrogen) atoms. The van der Waals surface area contributed by atoms with Gasteiger partial charge in [-0.1, -0.05) is 18.6 Å². The van der Waals surface area contributed by atoms with Crippen molar-refractivity contribution in [3.05, 3.63) is 75.7 Å². The molecular formula is C31H33N7O3S. The highest BCUT2D eigenvalue weighted by Crippen LogP contribution is 2.35. The fourth-order valence-corrected chi connectivity index (χ4v) is 6.37. The van der Waals surface area contributed by atoms with Gasteiger partial charge in [0.2, 0.25) is 11.4 Å². The number of morpholine rings is 1. The summed E-state index contributed by atoms with van der Waals surface area (Å²) in [6, 6.07) is 12.1. The molecule has 2 fully saturated rings. The summed E-state index contributed by atoms with van der Waals surface area (Å²) in [4.78, 5) is 26.5. The number of benzene rings is 1. The van der Waals surface area contributed by atoms with Crippen molar-refractivity contribution in [1.82, 2.24) is 24.6 Å². The van der Waals surface area contributed by atoms with Gasteiger partial charge in [0.25, 0.3) is 0 Å². The summed E-state index contributed by atoms with van der Waals surface area (Å²) in [6.07, 6.45) is 7.69. The molecule has 7 rings (SSSR count). The number of nitrogens with zero attached hydrogens (tertiary/aromatic N) is 6. The number of hydrogen-bond donors (Lipinski definition) is 1. The topological polar surface area (TPSA) is 102 Å². The van der Waals surface area contributed by atoms with Crippen LogP contribution in [0.15, 0.2) is 63.4 Å². The van der Waals surface area contributed by atoms with Crippen LogP contribution in [0.25, 0.3) is 27.2 Å². The van der Waals surface area contributed by atoms with E-state index in [2.05, 4.69) is 33.3 Å². The van der Waals surface area contributed by atoms with E-state index < -0.39 is 0 Å². The Morgan fingerprint density at radius 1 is 1.14 bits per heavy atom. The highest BCUT2D eigenvalue weighted by Gasteiger charge is 2.23. The number of anilines is 3. The largest absolute Gasteiger partial charge is 0.439 e. The average molecular weight is 584 g/mol. The minimum Gasteiger partial charge on any atom is -0.439 e. The maximum atomic E-state index is 12.8. The summed E-state index contributed by atoms with van der Waals surface area (Å²) in [5, 5.41) is 10.0. The van der Waals surface area contributed by atoms with Crippen LogP contribution >= 0.6 is 11.3 Å². The minimum atomic E-state index is -0.0193. The van der Waals surface area contributed by atoms with E-state index in [9.17, 15) is 4.79 Å². The second kappa shape index (κ2) is 11.3. The first-order valence-corrected chi connectivity index (χ1v) is 15.2. The van der Waals surface area contributed by atoms with Crippen LogP contribution in [0.2, 0.25) is 0 Å². The SMILES string of the molecule is Cc1nn(-c2ccnc(Nc3ccc(-c4csc5c(=O)cc(N6CCOCC6)oc45)cc3)n2)cc1CN(C)C1CCC1. The first-order valence-electron chi connectivity index (χ1n) is 14.4. The van der Waals surface area contributed by atoms with Crippen molar-refractivity contribution in [2.24, 2.45) is 0 Å². The van der Waals surface area contributed by atoms with Gasteiger partial charge < -0.3 is 19.4 Å². The molecule has 1 saturated heterocycles. The van der Waals surface area contributed by atoms with E-state index in [1.54, 1.807) is 12.3 Å². The zero-order valence-corrected chi connectivity index (χ0v) is 24.6. The van der Waals surface area contributed by atoms with Crippen molar-refractivity contribution in [3.63, 3.8) is 0 Å². The van der Waals surface area contributed by atoms with Crippen LogP contribution in [-0.4, -0.2) is 64.0 Å². The Kier molecular flexibility index (Phi) is 7.22. The lowest BCUT2D eigenvalue weighted by Crippen LogP contribution is -2.36. The summed E-state index contributed by atoms with van der Waals surface area (Å²) in [5.41, 5.74) is 5.55. The summed E-state index contributed by atoms with van der Waals surface area (Å²) < 4.78 is 14.2. The van der Waals surface area contributed by atoms with Gasteiger partial charge in [0.15, 0.2) is 17.3 Å². The Labute approximate surface area is 247 Å². The number of ether oxygens (including phenoxy) is 1. The van der Waals surface area contributed by atoms with Crippen molar-refractivity contribution >= 4 is 39.1 Å². The number of hydrogen-bond acceptors (Lipinski definition) is 10. The molecule has 1 aliphatic heterocycles. The van der Waals surface area contributed by atoms with Gasteiger partial charge in [0.05, 0.1) is 18.9 Å².